The number of carbonyl (C=O) groups excluding carboxylic acids is 3. The molecule has 2 fully saturated rings. The Bertz CT molecular complexity index is 1310. The topological polar surface area (TPSA) is 115 Å². The number of benzene rings is 1. The molecule has 11 heteroatoms. The number of likely N-dealkylation sites (tertiary alicyclic amines) is 1. The second kappa shape index (κ2) is 11.4. The maximum absolute atomic E-state index is 12.9. The van der Waals surface area contributed by atoms with E-state index in [1.807, 2.05) is 40.0 Å². The summed E-state index contributed by atoms with van der Waals surface area (Å²) in [5.74, 6) is -0.886. The fourth-order valence-corrected chi connectivity index (χ4v) is 6.28. The molecule has 2 saturated heterocycles. The smallest absolute Gasteiger partial charge is 0.410 e. The van der Waals surface area contributed by atoms with E-state index >= 15 is 0 Å². The number of piperidine rings is 2. The van der Waals surface area contributed by atoms with E-state index in [1.54, 1.807) is 9.58 Å². The van der Waals surface area contributed by atoms with Gasteiger partial charge in [0.1, 0.15) is 5.60 Å². The van der Waals surface area contributed by atoms with E-state index in [9.17, 15) is 14.4 Å². The van der Waals surface area contributed by atoms with Crippen molar-refractivity contribution in [1.82, 2.24) is 20.0 Å². The van der Waals surface area contributed by atoms with Crippen molar-refractivity contribution in [2.45, 2.75) is 96.5 Å². The lowest BCUT2D eigenvalue weighted by atomic mass is 9.92. The quantitative estimate of drug-likeness (QED) is 0.356. The molecule has 1 unspecified atom stereocenters. The van der Waals surface area contributed by atoms with Crippen molar-refractivity contribution < 1.29 is 23.5 Å². The van der Waals surface area contributed by atoms with Crippen molar-refractivity contribution in [3.8, 4) is 0 Å². The highest BCUT2D eigenvalue weighted by Gasteiger charge is 2.40. The van der Waals surface area contributed by atoms with Crippen molar-refractivity contribution in [3.63, 3.8) is 0 Å². The molecule has 2 aliphatic rings. The minimum atomic E-state index is -1.99. The van der Waals surface area contributed by atoms with Crippen LogP contribution >= 0.6 is 0 Å². The van der Waals surface area contributed by atoms with Crippen LogP contribution < -0.4 is 10.6 Å². The minimum absolute atomic E-state index is 0.0756. The van der Waals surface area contributed by atoms with Gasteiger partial charge in [0.2, 0.25) is 11.8 Å². The van der Waals surface area contributed by atoms with Gasteiger partial charge < -0.3 is 19.4 Å². The number of rotatable bonds is 6. The molecule has 0 bridgehead atoms. The summed E-state index contributed by atoms with van der Waals surface area (Å²) in [4.78, 5) is 38.9. The molecule has 10 nitrogen and oxygen atoms in total. The number of anilines is 1. The van der Waals surface area contributed by atoms with E-state index in [-0.39, 0.29) is 34.9 Å². The van der Waals surface area contributed by atoms with Crippen molar-refractivity contribution in [3.05, 3.63) is 23.9 Å². The van der Waals surface area contributed by atoms with Crippen LogP contribution in [-0.2, 0) is 25.8 Å². The fourth-order valence-electron chi connectivity index (χ4n) is 5.22. The number of aryl methyl sites for hydroxylation is 1. The normalized spacial score (nSPS) is 22.6. The Morgan fingerprint density at radius 2 is 1.85 bits per heavy atom. The second-order valence-corrected chi connectivity index (χ2v) is 18.9. The van der Waals surface area contributed by atoms with Gasteiger partial charge >= 0.3 is 6.09 Å². The predicted molar refractivity (Wildman–Crippen MR) is 162 cm³/mol. The highest BCUT2D eigenvalue weighted by molar-refractivity contribution is 6.74. The molecule has 1 aromatic heterocycles. The van der Waals surface area contributed by atoms with E-state index in [0.717, 1.165) is 23.0 Å². The summed E-state index contributed by atoms with van der Waals surface area (Å²) < 4.78 is 14.1. The monoisotopic (exact) mass is 585 g/mol. The molecule has 1 aromatic carbocycles. The average Bonchev–Trinajstić information content (AvgIpc) is 3.17. The van der Waals surface area contributed by atoms with Crippen molar-refractivity contribution in [2.24, 2.45) is 13.0 Å². The van der Waals surface area contributed by atoms with E-state index in [2.05, 4.69) is 55.7 Å². The van der Waals surface area contributed by atoms with Crippen LogP contribution in [0.3, 0.4) is 0 Å². The Kier molecular flexibility index (Phi) is 8.62. The third kappa shape index (κ3) is 7.11. The molecule has 226 valence electrons. The summed E-state index contributed by atoms with van der Waals surface area (Å²) >= 11 is 0. The lowest BCUT2D eigenvalue weighted by Crippen LogP contribution is -2.52. The van der Waals surface area contributed by atoms with Gasteiger partial charge in [0.25, 0.3) is 0 Å². The van der Waals surface area contributed by atoms with Crippen LogP contribution in [0.1, 0.15) is 72.4 Å². The lowest BCUT2D eigenvalue weighted by molar-refractivity contribution is -0.134. The molecule has 0 spiro atoms. The van der Waals surface area contributed by atoms with Crippen LogP contribution in [-0.4, -0.2) is 72.2 Å². The first-order chi connectivity index (χ1) is 18.9. The molecule has 3 atom stereocenters. The number of fused-ring (bicyclic) bond motifs is 1. The molecule has 0 radical (unpaired) electrons. The molecule has 4 rings (SSSR count). The number of imide groups is 1. The number of amides is 3. The number of ether oxygens (including phenoxy) is 1. The van der Waals surface area contributed by atoms with Crippen LogP contribution in [0.2, 0.25) is 18.1 Å². The predicted octanol–water partition coefficient (Wildman–Crippen LogP) is 5.15. The molecule has 2 aromatic rings. The van der Waals surface area contributed by atoms with Gasteiger partial charge in [0, 0.05) is 56.2 Å². The molecule has 41 heavy (non-hydrogen) atoms. The lowest BCUT2D eigenvalue weighted by Gasteiger charge is -2.42. The van der Waals surface area contributed by atoms with Gasteiger partial charge in [-0.15, -0.1) is 0 Å². The minimum Gasteiger partial charge on any atom is -0.444 e. The second-order valence-electron chi connectivity index (χ2n) is 14.0. The van der Waals surface area contributed by atoms with Gasteiger partial charge in [-0.25, -0.2) is 4.79 Å². The van der Waals surface area contributed by atoms with Crippen molar-refractivity contribution in [2.75, 3.05) is 25.0 Å². The Morgan fingerprint density at radius 1 is 1.15 bits per heavy atom. The molecule has 3 heterocycles. The summed E-state index contributed by atoms with van der Waals surface area (Å²) in [5, 5.41) is 11.8. The SMILES string of the molecule is Cn1nc(C2CCC(=O)NC2=O)c2ccc(N[C@@H]3CCN(C(=O)OC(C)(C)C)C[C@@H]3CO[Si](C)(C)C(C)(C)C)cc21. The molecule has 2 N–H and O–H groups in total. The standard InChI is InChI=1S/C30H47N5O5Si/c1-29(2,3)40-28(38)35-15-14-23(19(17-35)18-39-41(8,9)30(4,5)6)31-20-10-11-21-24(16-20)34(7)33-26(21)22-12-13-25(36)32-27(22)37/h10-11,16,19,22-23,31H,12-15,17-18H2,1-9H3,(H,32,36,37)/t19-,22?,23-/m1/s1. The zero-order chi connectivity index (χ0) is 30.3. The third-order valence-electron chi connectivity index (χ3n) is 8.65. The largest absolute Gasteiger partial charge is 0.444 e. The van der Waals surface area contributed by atoms with Gasteiger partial charge in [-0.3, -0.25) is 19.6 Å². The average molecular weight is 586 g/mol. The first kappa shape index (κ1) is 31.0. The zero-order valence-electron chi connectivity index (χ0n) is 26.1. The maximum Gasteiger partial charge on any atom is 0.410 e. The first-order valence-corrected chi connectivity index (χ1v) is 17.5. The van der Waals surface area contributed by atoms with Gasteiger partial charge in [-0.05, 0) is 69.9 Å². The van der Waals surface area contributed by atoms with Gasteiger partial charge in [0.15, 0.2) is 8.32 Å². The van der Waals surface area contributed by atoms with Crippen LogP contribution in [0, 0.1) is 5.92 Å². The Morgan fingerprint density at radius 3 is 2.49 bits per heavy atom. The molecule has 0 saturated carbocycles. The summed E-state index contributed by atoms with van der Waals surface area (Å²) in [6, 6.07) is 6.18. The number of nitrogens with one attached hydrogen (secondary N) is 2. The molecule has 2 aliphatic heterocycles. The van der Waals surface area contributed by atoms with Crippen molar-refractivity contribution >= 4 is 42.8 Å². The number of nitrogens with zero attached hydrogens (tertiary/aromatic N) is 3. The molecular weight excluding hydrogens is 538 g/mol. The Labute approximate surface area is 244 Å². The number of aromatic nitrogens is 2. The van der Waals surface area contributed by atoms with Crippen LogP contribution in [0.25, 0.3) is 10.9 Å². The van der Waals surface area contributed by atoms with Crippen molar-refractivity contribution in [1.29, 1.82) is 0 Å². The summed E-state index contributed by atoms with van der Waals surface area (Å²) in [5.41, 5.74) is 2.01. The Hall–Kier alpha value is -2.92. The third-order valence-corrected chi connectivity index (χ3v) is 13.2. The fraction of sp³-hybridized carbons (Fsp3) is 0.667. The number of hydrogen-bond donors (Lipinski definition) is 2. The highest BCUT2D eigenvalue weighted by atomic mass is 28.4. The Balaban J connectivity index is 1.55. The maximum atomic E-state index is 12.9. The molecular formula is C30H47N5O5Si. The van der Waals surface area contributed by atoms with Crippen LogP contribution in [0.5, 0.6) is 0 Å². The van der Waals surface area contributed by atoms with Crippen LogP contribution in [0.4, 0.5) is 10.5 Å². The van der Waals surface area contributed by atoms with Gasteiger partial charge in [-0.1, -0.05) is 20.8 Å². The summed E-state index contributed by atoms with van der Waals surface area (Å²) in [7, 11) is -0.122. The molecule has 0 aliphatic carbocycles. The highest BCUT2D eigenvalue weighted by Crippen LogP contribution is 2.38. The summed E-state index contributed by atoms with van der Waals surface area (Å²) in [6.07, 6.45) is 1.25. The van der Waals surface area contributed by atoms with E-state index < -0.39 is 19.8 Å². The first-order valence-electron chi connectivity index (χ1n) is 14.6. The van der Waals surface area contributed by atoms with E-state index in [4.69, 9.17) is 9.16 Å². The van der Waals surface area contributed by atoms with Gasteiger partial charge in [0.05, 0.1) is 17.1 Å². The molecule has 3 amide bonds. The summed E-state index contributed by atoms with van der Waals surface area (Å²) in [6.45, 7) is 18.6. The zero-order valence-corrected chi connectivity index (χ0v) is 27.1. The number of carbonyl (C=O) groups is 3. The number of hydrogen-bond acceptors (Lipinski definition) is 7. The van der Waals surface area contributed by atoms with Crippen LogP contribution in [0.15, 0.2) is 18.2 Å². The van der Waals surface area contributed by atoms with Gasteiger partial charge in [-0.2, -0.15) is 5.10 Å². The van der Waals surface area contributed by atoms with E-state index in [1.165, 1.54) is 0 Å². The van der Waals surface area contributed by atoms with E-state index in [0.29, 0.717) is 38.2 Å².